The van der Waals surface area contributed by atoms with Gasteiger partial charge in [-0.25, -0.2) is 4.98 Å². The van der Waals surface area contributed by atoms with Crippen molar-refractivity contribution in [2.24, 2.45) is 0 Å². The van der Waals surface area contributed by atoms with E-state index in [4.69, 9.17) is 4.74 Å². The van der Waals surface area contributed by atoms with Crippen molar-refractivity contribution in [1.82, 2.24) is 15.3 Å². The lowest BCUT2D eigenvalue weighted by Crippen LogP contribution is -2.38. The molecule has 2 N–H and O–H groups in total. The third kappa shape index (κ3) is 4.78. The van der Waals surface area contributed by atoms with E-state index in [1.165, 1.54) is 0 Å². The van der Waals surface area contributed by atoms with Gasteiger partial charge in [0.25, 0.3) is 5.56 Å². The minimum atomic E-state index is -0.172. The number of aromatic amines is 1. The lowest BCUT2D eigenvalue weighted by Gasteiger charge is -2.27. The average Bonchev–Trinajstić information content (AvgIpc) is 2.68. The number of hydrogen-bond donors (Lipinski definition) is 2. The van der Waals surface area contributed by atoms with Crippen LogP contribution in [0.15, 0.2) is 29.1 Å². The van der Waals surface area contributed by atoms with Crippen molar-refractivity contribution in [3.05, 3.63) is 57.0 Å². The van der Waals surface area contributed by atoms with Crippen molar-refractivity contribution >= 4 is 11.9 Å². The molecule has 28 heavy (non-hydrogen) atoms. The van der Waals surface area contributed by atoms with Crippen LogP contribution in [0.25, 0.3) is 0 Å². The topological polar surface area (TPSA) is 87.3 Å². The lowest BCUT2D eigenvalue weighted by molar-refractivity contribution is -0.121. The molecule has 0 spiro atoms. The predicted octanol–water partition coefficient (Wildman–Crippen LogP) is 2.03. The zero-order valence-corrected chi connectivity index (χ0v) is 16.7. The van der Waals surface area contributed by atoms with E-state index in [0.717, 1.165) is 11.1 Å². The van der Waals surface area contributed by atoms with Gasteiger partial charge in [-0.15, -0.1) is 0 Å². The van der Waals surface area contributed by atoms with Crippen LogP contribution in [0.3, 0.4) is 0 Å². The molecule has 7 heteroatoms. The Labute approximate surface area is 165 Å². The van der Waals surface area contributed by atoms with Gasteiger partial charge in [0.15, 0.2) is 0 Å². The molecule has 150 valence electrons. The van der Waals surface area contributed by atoms with Crippen LogP contribution in [0, 0.1) is 13.8 Å². The highest BCUT2D eigenvalue weighted by atomic mass is 16.5. The first-order valence-electron chi connectivity index (χ1n) is 9.73. The zero-order chi connectivity index (χ0) is 20.1. The molecule has 1 fully saturated rings. The summed E-state index contributed by atoms with van der Waals surface area (Å²) in [6.45, 7) is 8.50. The highest BCUT2D eigenvalue weighted by molar-refractivity contribution is 5.76. The molecule has 1 aromatic carbocycles. The van der Waals surface area contributed by atoms with Gasteiger partial charge < -0.3 is 15.0 Å². The number of ether oxygens (including phenoxy) is 1. The number of anilines is 1. The number of benzene rings is 1. The maximum absolute atomic E-state index is 12.5. The van der Waals surface area contributed by atoms with E-state index >= 15 is 0 Å². The number of amides is 1. The Morgan fingerprint density at radius 3 is 2.68 bits per heavy atom. The molecule has 2 heterocycles. The molecule has 1 aromatic heterocycles. The molecule has 1 amide bonds. The third-order valence-corrected chi connectivity index (χ3v) is 5.15. The van der Waals surface area contributed by atoms with Crippen molar-refractivity contribution in [3.63, 3.8) is 0 Å². The molecule has 0 saturated carbocycles. The zero-order valence-electron chi connectivity index (χ0n) is 16.7. The maximum Gasteiger partial charge on any atom is 0.255 e. The Balaban J connectivity index is 1.61. The first-order valence-corrected chi connectivity index (χ1v) is 9.73. The monoisotopic (exact) mass is 384 g/mol. The number of carbonyl (C=O) groups excluding carboxylic acids is 1. The molecule has 1 aliphatic rings. The Morgan fingerprint density at radius 2 is 2.00 bits per heavy atom. The van der Waals surface area contributed by atoms with Gasteiger partial charge in [-0.3, -0.25) is 14.6 Å². The second-order valence-corrected chi connectivity index (χ2v) is 7.20. The number of aryl methyl sites for hydroxylation is 2. The number of H-pyrrole nitrogens is 1. The maximum atomic E-state index is 12.5. The second kappa shape index (κ2) is 9.01. The number of rotatable bonds is 6. The summed E-state index contributed by atoms with van der Waals surface area (Å²) in [7, 11) is 0. The molecule has 1 unspecified atom stereocenters. The predicted molar refractivity (Wildman–Crippen MR) is 109 cm³/mol. The minimum absolute atomic E-state index is 0.0742. The molecular formula is C21H28N4O3. The SMILES string of the molecule is Cc1ccccc1C(C)NC(=O)CCc1c(C)nc(N2CCOCC2)[nH]c1=O. The van der Waals surface area contributed by atoms with Crippen LogP contribution in [0.4, 0.5) is 5.95 Å². The second-order valence-electron chi connectivity index (χ2n) is 7.20. The average molecular weight is 384 g/mol. The molecule has 7 nitrogen and oxygen atoms in total. The summed E-state index contributed by atoms with van der Waals surface area (Å²) in [6, 6.07) is 7.92. The number of carbonyl (C=O) groups is 1. The molecule has 1 aliphatic heterocycles. The molecule has 0 bridgehead atoms. The standard InChI is InChI=1S/C21H28N4O3/c1-14-6-4-5-7-17(14)15(2)22-19(26)9-8-18-16(3)23-21(24-20(18)27)25-10-12-28-13-11-25/h4-7,15H,8-13H2,1-3H3,(H,22,26)(H,23,24,27). The Bertz CT molecular complexity index is 887. The summed E-state index contributed by atoms with van der Waals surface area (Å²) in [4.78, 5) is 34.3. The lowest BCUT2D eigenvalue weighted by atomic mass is 10.0. The molecule has 0 aliphatic carbocycles. The van der Waals surface area contributed by atoms with Crippen LogP contribution in [-0.2, 0) is 16.0 Å². The van der Waals surface area contributed by atoms with E-state index in [1.54, 1.807) is 0 Å². The highest BCUT2D eigenvalue weighted by Crippen LogP contribution is 2.17. The summed E-state index contributed by atoms with van der Waals surface area (Å²) in [5.74, 6) is 0.499. The summed E-state index contributed by atoms with van der Waals surface area (Å²) >= 11 is 0. The van der Waals surface area contributed by atoms with E-state index in [1.807, 2.05) is 49.9 Å². The van der Waals surface area contributed by atoms with Gasteiger partial charge >= 0.3 is 0 Å². The van der Waals surface area contributed by atoms with Crippen molar-refractivity contribution in [1.29, 1.82) is 0 Å². The van der Waals surface area contributed by atoms with Crippen LogP contribution in [0.2, 0.25) is 0 Å². The van der Waals surface area contributed by atoms with Crippen LogP contribution in [0.5, 0.6) is 0 Å². The van der Waals surface area contributed by atoms with Crippen molar-refractivity contribution in [3.8, 4) is 0 Å². The van der Waals surface area contributed by atoms with Crippen LogP contribution < -0.4 is 15.8 Å². The van der Waals surface area contributed by atoms with Gasteiger partial charge in [0.05, 0.1) is 19.3 Å². The minimum Gasteiger partial charge on any atom is -0.378 e. The molecule has 3 rings (SSSR count). The van der Waals surface area contributed by atoms with Gasteiger partial charge in [-0.1, -0.05) is 24.3 Å². The fourth-order valence-corrected chi connectivity index (χ4v) is 3.52. The first-order chi connectivity index (χ1) is 13.5. The summed E-state index contributed by atoms with van der Waals surface area (Å²) < 4.78 is 5.34. The smallest absolute Gasteiger partial charge is 0.255 e. The van der Waals surface area contributed by atoms with Crippen molar-refractivity contribution in [2.45, 2.75) is 39.7 Å². The molecule has 2 aromatic rings. The van der Waals surface area contributed by atoms with Gasteiger partial charge in [-0.05, 0) is 38.3 Å². The van der Waals surface area contributed by atoms with Crippen LogP contribution >= 0.6 is 0 Å². The van der Waals surface area contributed by atoms with E-state index < -0.39 is 0 Å². The first kappa shape index (κ1) is 20.1. The van der Waals surface area contributed by atoms with Gasteiger partial charge in [-0.2, -0.15) is 0 Å². The van der Waals surface area contributed by atoms with Gasteiger partial charge in [0, 0.05) is 30.8 Å². The van der Waals surface area contributed by atoms with Crippen LogP contribution in [-0.4, -0.2) is 42.2 Å². The highest BCUT2D eigenvalue weighted by Gasteiger charge is 2.17. The summed E-state index contributed by atoms with van der Waals surface area (Å²) in [6.07, 6.45) is 0.614. The largest absolute Gasteiger partial charge is 0.378 e. The Hall–Kier alpha value is -2.67. The van der Waals surface area contributed by atoms with Crippen molar-refractivity contribution < 1.29 is 9.53 Å². The summed E-state index contributed by atoms with van der Waals surface area (Å²) in [5, 5.41) is 3.02. The van der Waals surface area contributed by atoms with Crippen LogP contribution in [0.1, 0.15) is 41.8 Å². The Kier molecular flexibility index (Phi) is 6.46. The molecule has 0 radical (unpaired) electrons. The fourth-order valence-electron chi connectivity index (χ4n) is 3.52. The molecule has 1 atom stereocenters. The Morgan fingerprint density at radius 1 is 1.29 bits per heavy atom. The summed E-state index contributed by atoms with van der Waals surface area (Å²) in [5.41, 5.74) is 3.31. The van der Waals surface area contributed by atoms with E-state index in [9.17, 15) is 9.59 Å². The van der Waals surface area contributed by atoms with E-state index in [-0.39, 0.29) is 23.9 Å². The number of nitrogens with zero attached hydrogens (tertiary/aromatic N) is 2. The van der Waals surface area contributed by atoms with E-state index in [0.29, 0.717) is 49.9 Å². The van der Waals surface area contributed by atoms with Gasteiger partial charge in [0.2, 0.25) is 11.9 Å². The number of aromatic nitrogens is 2. The number of morpholine rings is 1. The molecule has 1 saturated heterocycles. The normalized spacial score (nSPS) is 15.3. The number of hydrogen-bond acceptors (Lipinski definition) is 5. The number of nitrogens with one attached hydrogen (secondary N) is 2. The third-order valence-electron chi connectivity index (χ3n) is 5.15. The van der Waals surface area contributed by atoms with E-state index in [2.05, 4.69) is 15.3 Å². The molecular weight excluding hydrogens is 356 g/mol. The quantitative estimate of drug-likeness (QED) is 0.796. The fraction of sp³-hybridized carbons (Fsp3) is 0.476. The van der Waals surface area contributed by atoms with Gasteiger partial charge in [0.1, 0.15) is 0 Å². The van der Waals surface area contributed by atoms with Crippen molar-refractivity contribution in [2.75, 3.05) is 31.2 Å².